The molecule has 0 atom stereocenters. The van der Waals surface area contributed by atoms with E-state index in [9.17, 15) is 4.79 Å². The van der Waals surface area contributed by atoms with Gasteiger partial charge < -0.3 is 0 Å². The number of hydrogen-bond donors (Lipinski definition) is 0. The number of rotatable bonds is 3. The van der Waals surface area contributed by atoms with Crippen LogP contribution in [0, 0.1) is 0 Å². The Balaban J connectivity index is 2.23. The molecule has 0 aliphatic rings. The molecule has 1 heterocycles. The minimum atomic E-state index is 0.186. The molecular weight excluding hydrogens is 198 g/mol. The summed E-state index contributed by atoms with van der Waals surface area (Å²) in [6.07, 6.45) is 2.28. The highest BCUT2D eigenvalue weighted by Crippen LogP contribution is 2.16. The second-order valence-corrected chi connectivity index (χ2v) is 3.79. The minimum absolute atomic E-state index is 0.186. The van der Waals surface area contributed by atoms with Crippen molar-refractivity contribution in [2.45, 2.75) is 13.3 Å². The predicted octanol–water partition coefficient (Wildman–Crippen LogP) is 2.88. The summed E-state index contributed by atoms with van der Waals surface area (Å²) >= 11 is 0. The topological polar surface area (TPSA) is 30.0 Å². The van der Waals surface area contributed by atoms with Crippen molar-refractivity contribution in [3.63, 3.8) is 0 Å². The second-order valence-electron chi connectivity index (χ2n) is 3.79. The third-order valence-electron chi connectivity index (χ3n) is 2.37. The molecule has 80 valence electrons. The lowest BCUT2D eigenvalue weighted by atomic mass is 10.1. The molecule has 0 saturated heterocycles. The molecule has 0 spiro atoms. The van der Waals surface area contributed by atoms with Gasteiger partial charge in [-0.25, -0.2) is 0 Å². The first-order valence-electron chi connectivity index (χ1n) is 5.25. The van der Waals surface area contributed by atoms with Gasteiger partial charge in [0.25, 0.3) is 0 Å². The van der Waals surface area contributed by atoms with Gasteiger partial charge in [0.15, 0.2) is 0 Å². The molecule has 2 nitrogen and oxygen atoms in total. The molecule has 0 unspecified atom stereocenters. The van der Waals surface area contributed by atoms with E-state index in [1.807, 2.05) is 42.5 Å². The van der Waals surface area contributed by atoms with Crippen LogP contribution in [-0.2, 0) is 11.2 Å². The van der Waals surface area contributed by atoms with Crippen molar-refractivity contribution in [2.24, 2.45) is 0 Å². The SMILES string of the molecule is CC(=O)Cc1ccc(-c2ccccn2)cc1. The van der Waals surface area contributed by atoms with Crippen LogP contribution < -0.4 is 0 Å². The maximum absolute atomic E-state index is 11.0. The van der Waals surface area contributed by atoms with Gasteiger partial charge in [-0.3, -0.25) is 9.78 Å². The van der Waals surface area contributed by atoms with Gasteiger partial charge in [-0.1, -0.05) is 30.3 Å². The summed E-state index contributed by atoms with van der Waals surface area (Å²) in [5, 5.41) is 0. The average molecular weight is 211 g/mol. The predicted molar refractivity (Wildman–Crippen MR) is 64.1 cm³/mol. The largest absolute Gasteiger partial charge is 0.300 e. The normalized spacial score (nSPS) is 10.1. The van der Waals surface area contributed by atoms with Crippen molar-refractivity contribution in [3.8, 4) is 11.3 Å². The zero-order valence-corrected chi connectivity index (χ0v) is 9.18. The summed E-state index contributed by atoms with van der Waals surface area (Å²) in [4.78, 5) is 15.2. The first-order valence-corrected chi connectivity index (χ1v) is 5.25. The average Bonchev–Trinajstić information content (AvgIpc) is 2.30. The van der Waals surface area contributed by atoms with Crippen molar-refractivity contribution >= 4 is 5.78 Å². The Morgan fingerprint density at radius 1 is 1.12 bits per heavy atom. The molecule has 2 rings (SSSR count). The molecule has 0 radical (unpaired) electrons. The summed E-state index contributed by atoms with van der Waals surface area (Å²) in [5.41, 5.74) is 3.08. The number of carbonyl (C=O) groups excluding carboxylic acids is 1. The first kappa shape index (κ1) is 10.6. The van der Waals surface area contributed by atoms with Crippen LogP contribution in [0.5, 0.6) is 0 Å². The van der Waals surface area contributed by atoms with Crippen LogP contribution in [0.2, 0.25) is 0 Å². The molecule has 1 aromatic carbocycles. The van der Waals surface area contributed by atoms with Crippen LogP contribution in [0.3, 0.4) is 0 Å². The van der Waals surface area contributed by atoms with Crippen LogP contribution in [0.1, 0.15) is 12.5 Å². The van der Waals surface area contributed by atoms with Crippen LogP contribution in [0.4, 0.5) is 0 Å². The number of hydrogen-bond acceptors (Lipinski definition) is 2. The van der Waals surface area contributed by atoms with E-state index in [4.69, 9.17) is 0 Å². The minimum Gasteiger partial charge on any atom is -0.300 e. The molecule has 0 aliphatic heterocycles. The Morgan fingerprint density at radius 3 is 2.44 bits per heavy atom. The van der Waals surface area contributed by atoms with Crippen molar-refractivity contribution in [1.82, 2.24) is 4.98 Å². The first-order chi connectivity index (χ1) is 7.75. The van der Waals surface area contributed by atoms with E-state index < -0.39 is 0 Å². The van der Waals surface area contributed by atoms with Gasteiger partial charge in [0.1, 0.15) is 5.78 Å². The zero-order chi connectivity index (χ0) is 11.4. The van der Waals surface area contributed by atoms with E-state index in [0.717, 1.165) is 16.8 Å². The molecular formula is C14H13NO. The van der Waals surface area contributed by atoms with E-state index in [1.54, 1.807) is 13.1 Å². The molecule has 2 aromatic rings. The standard InChI is InChI=1S/C14H13NO/c1-11(16)10-12-5-7-13(8-6-12)14-4-2-3-9-15-14/h2-9H,10H2,1H3. The van der Waals surface area contributed by atoms with Gasteiger partial charge in [-0.05, 0) is 24.6 Å². The Hall–Kier alpha value is -1.96. The maximum atomic E-state index is 11.0. The molecule has 1 aromatic heterocycles. The van der Waals surface area contributed by atoms with Gasteiger partial charge in [-0.15, -0.1) is 0 Å². The lowest BCUT2D eigenvalue weighted by molar-refractivity contribution is -0.116. The molecule has 2 heteroatoms. The number of nitrogens with zero attached hydrogens (tertiary/aromatic N) is 1. The fourth-order valence-corrected chi connectivity index (χ4v) is 1.61. The van der Waals surface area contributed by atoms with Gasteiger partial charge in [-0.2, -0.15) is 0 Å². The Labute approximate surface area is 95.0 Å². The third kappa shape index (κ3) is 2.54. The zero-order valence-electron chi connectivity index (χ0n) is 9.18. The van der Waals surface area contributed by atoms with E-state index in [1.165, 1.54) is 0 Å². The summed E-state index contributed by atoms with van der Waals surface area (Å²) in [7, 11) is 0. The molecule has 0 N–H and O–H groups in total. The van der Waals surface area contributed by atoms with Gasteiger partial charge in [0.05, 0.1) is 5.69 Å². The summed E-state index contributed by atoms with van der Waals surface area (Å²) < 4.78 is 0. The fourth-order valence-electron chi connectivity index (χ4n) is 1.61. The molecule has 0 saturated carbocycles. The number of pyridine rings is 1. The Morgan fingerprint density at radius 2 is 1.88 bits per heavy atom. The number of aromatic nitrogens is 1. The Kier molecular flexibility index (Phi) is 3.10. The highest BCUT2D eigenvalue weighted by molar-refractivity contribution is 5.78. The van der Waals surface area contributed by atoms with Crippen molar-refractivity contribution in [1.29, 1.82) is 0 Å². The lowest BCUT2D eigenvalue weighted by Crippen LogP contribution is -1.95. The summed E-state index contributed by atoms with van der Waals surface area (Å²) in [6.45, 7) is 1.60. The number of benzene rings is 1. The summed E-state index contributed by atoms with van der Waals surface area (Å²) in [5.74, 6) is 0.186. The quantitative estimate of drug-likeness (QED) is 0.781. The number of Topliss-reactive ketones (excluding diaryl/α,β-unsaturated/α-hetero) is 1. The van der Waals surface area contributed by atoms with Crippen molar-refractivity contribution < 1.29 is 4.79 Å². The molecule has 0 bridgehead atoms. The van der Waals surface area contributed by atoms with Crippen LogP contribution in [0.25, 0.3) is 11.3 Å². The van der Waals surface area contributed by atoms with E-state index in [2.05, 4.69) is 4.98 Å². The lowest BCUT2D eigenvalue weighted by Gasteiger charge is -2.02. The molecule has 0 fully saturated rings. The molecule has 0 aliphatic carbocycles. The van der Waals surface area contributed by atoms with Crippen LogP contribution in [-0.4, -0.2) is 10.8 Å². The third-order valence-corrected chi connectivity index (χ3v) is 2.37. The number of carbonyl (C=O) groups is 1. The highest BCUT2D eigenvalue weighted by Gasteiger charge is 2.00. The van der Waals surface area contributed by atoms with Gasteiger partial charge in [0, 0.05) is 18.2 Å². The Bertz CT molecular complexity index is 474. The van der Waals surface area contributed by atoms with E-state index >= 15 is 0 Å². The van der Waals surface area contributed by atoms with Crippen LogP contribution >= 0.6 is 0 Å². The highest BCUT2D eigenvalue weighted by atomic mass is 16.1. The van der Waals surface area contributed by atoms with Crippen molar-refractivity contribution in [2.75, 3.05) is 0 Å². The monoisotopic (exact) mass is 211 g/mol. The van der Waals surface area contributed by atoms with Crippen molar-refractivity contribution in [3.05, 3.63) is 54.2 Å². The van der Waals surface area contributed by atoms with E-state index in [0.29, 0.717) is 6.42 Å². The second kappa shape index (κ2) is 4.71. The fraction of sp³-hybridized carbons (Fsp3) is 0.143. The van der Waals surface area contributed by atoms with Gasteiger partial charge in [0.2, 0.25) is 0 Å². The van der Waals surface area contributed by atoms with Gasteiger partial charge >= 0.3 is 0 Å². The summed E-state index contributed by atoms with van der Waals surface area (Å²) in [6, 6.07) is 13.8. The van der Waals surface area contributed by atoms with E-state index in [-0.39, 0.29) is 5.78 Å². The maximum Gasteiger partial charge on any atom is 0.134 e. The molecule has 16 heavy (non-hydrogen) atoms. The van der Waals surface area contributed by atoms with Crippen LogP contribution in [0.15, 0.2) is 48.7 Å². The number of ketones is 1. The molecule has 0 amide bonds. The smallest absolute Gasteiger partial charge is 0.134 e.